The Morgan fingerprint density at radius 1 is 1.57 bits per heavy atom. The summed E-state index contributed by atoms with van der Waals surface area (Å²) in [7, 11) is 0. The molecule has 0 radical (unpaired) electrons. The highest BCUT2D eigenvalue weighted by atomic mass is 32.2. The lowest BCUT2D eigenvalue weighted by Gasteiger charge is -2.07. The normalized spacial score (nSPS) is 11.1. The van der Waals surface area contributed by atoms with Crippen molar-refractivity contribution in [2.45, 2.75) is 26.8 Å². The first-order valence-electron chi connectivity index (χ1n) is 4.93. The molecule has 0 spiro atoms. The van der Waals surface area contributed by atoms with E-state index in [1.54, 1.807) is 0 Å². The lowest BCUT2D eigenvalue weighted by Crippen LogP contribution is -2.07. The second kappa shape index (κ2) is 5.29. The minimum Gasteiger partial charge on any atom is -0.384 e. The SMILES string of the molecule is CSCCc1ncn(CC(C)C)c1N. The Morgan fingerprint density at radius 3 is 2.86 bits per heavy atom. The zero-order chi connectivity index (χ0) is 10.6. The average Bonchev–Trinajstić information content (AvgIpc) is 2.45. The molecule has 14 heavy (non-hydrogen) atoms. The fourth-order valence-corrected chi connectivity index (χ4v) is 1.76. The average molecular weight is 213 g/mol. The van der Waals surface area contributed by atoms with Crippen molar-refractivity contribution in [3.05, 3.63) is 12.0 Å². The highest BCUT2D eigenvalue weighted by molar-refractivity contribution is 7.98. The van der Waals surface area contributed by atoms with E-state index in [0.717, 1.165) is 30.2 Å². The van der Waals surface area contributed by atoms with Gasteiger partial charge in [0.25, 0.3) is 0 Å². The molecular weight excluding hydrogens is 194 g/mol. The second-order valence-corrected chi connectivity index (χ2v) is 4.85. The zero-order valence-electron chi connectivity index (χ0n) is 9.16. The molecule has 2 N–H and O–H groups in total. The summed E-state index contributed by atoms with van der Waals surface area (Å²) in [5.41, 5.74) is 7.03. The topological polar surface area (TPSA) is 43.8 Å². The minimum atomic E-state index is 0.611. The third-order valence-corrected chi connectivity index (χ3v) is 2.68. The number of nitrogens with zero attached hydrogens (tertiary/aromatic N) is 2. The highest BCUT2D eigenvalue weighted by Gasteiger charge is 2.07. The first kappa shape index (κ1) is 11.4. The maximum absolute atomic E-state index is 5.98. The first-order chi connectivity index (χ1) is 6.65. The number of rotatable bonds is 5. The molecule has 80 valence electrons. The fraction of sp³-hybridized carbons (Fsp3) is 0.700. The van der Waals surface area contributed by atoms with Crippen LogP contribution < -0.4 is 5.73 Å². The molecule has 1 rings (SSSR count). The van der Waals surface area contributed by atoms with Crippen LogP contribution >= 0.6 is 11.8 Å². The number of aryl methyl sites for hydroxylation is 1. The van der Waals surface area contributed by atoms with Crippen LogP contribution in [0.5, 0.6) is 0 Å². The Kier molecular flexibility index (Phi) is 4.32. The quantitative estimate of drug-likeness (QED) is 0.814. The maximum atomic E-state index is 5.98. The van der Waals surface area contributed by atoms with Gasteiger partial charge >= 0.3 is 0 Å². The van der Waals surface area contributed by atoms with Crippen molar-refractivity contribution in [1.29, 1.82) is 0 Å². The standard InChI is InChI=1S/C10H19N3S/c1-8(2)6-13-7-12-9(10(13)11)4-5-14-3/h7-8H,4-6,11H2,1-3H3. The Labute approximate surface area is 90.1 Å². The van der Waals surface area contributed by atoms with Gasteiger partial charge in [-0.15, -0.1) is 0 Å². The molecule has 1 heterocycles. The van der Waals surface area contributed by atoms with Crippen molar-refractivity contribution >= 4 is 17.6 Å². The third-order valence-electron chi connectivity index (χ3n) is 2.06. The number of aromatic nitrogens is 2. The Bertz CT molecular complexity index is 281. The molecule has 0 aliphatic carbocycles. The van der Waals surface area contributed by atoms with Crippen LogP contribution in [0.3, 0.4) is 0 Å². The highest BCUT2D eigenvalue weighted by Crippen LogP contribution is 2.14. The summed E-state index contributed by atoms with van der Waals surface area (Å²) in [5, 5.41) is 0. The van der Waals surface area contributed by atoms with E-state index in [1.807, 2.05) is 22.7 Å². The van der Waals surface area contributed by atoms with Gasteiger partial charge in [0.2, 0.25) is 0 Å². The third kappa shape index (κ3) is 2.94. The van der Waals surface area contributed by atoms with Gasteiger partial charge in [-0.3, -0.25) is 0 Å². The van der Waals surface area contributed by atoms with Crippen molar-refractivity contribution in [3.8, 4) is 0 Å². The van der Waals surface area contributed by atoms with Crippen LogP contribution in [-0.2, 0) is 13.0 Å². The Morgan fingerprint density at radius 2 is 2.29 bits per heavy atom. The number of hydrogen-bond donors (Lipinski definition) is 1. The molecule has 0 bridgehead atoms. The molecule has 0 aromatic carbocycles. The van der Waals surface area contributed by atoms with E-state index in [2.05, 4.69) is 25.1 Å². The van der Waals surface area contributed by atoms with Gasteiger partial charge in [-0.2, -0.15) is 11.8 Å². The Balaban J connectivity index is 2.65. The number of anilines is 1. The van der Waals surface area contributed by atoms with E-state index in [9.17, 15) is 0 Å². The van der Waals surface area contributed by atoms with Crippen LogP contribution in [0.15, 0.2) is 6.33 Å². The van der Waals surface area contributed by atoms with Gasteiger partial charge in [0.05, 0.1) is 12.0 Å². The number of nitrogens with two attached hydrogens (primary N) is 1. The van der Waals surface area contributed by atoms with Gasteiger partial charge in [0, 0.05) is 13.0 Å². The van der Waals surface area contributed by atoms with Gasteiger partial charge < -0.3 is 10.3 Å². The molecular formula is C10H19N3S. The smallest absolute Gasteiger partial charge is 0.126 e. The van der Waals surface area contributed by atoms with Crippen LogP contribution in [0.4, 0.5) is 5.82 Å². The van der Waals surface area contributed by atoms with Crippen LogP contribution in [-0.4, -0.2) is 21.6 Å². The summed E-state index contributed by atoms with van der Waals surface area (Å²) in [5.74, 6) is 2.54. The molecule has 4 heteroatoms. The summed E-state index contributed by atoms with van der Waals surface area (Å²) in [6.45, 7) is 5.32. The molecule has 3 nitrogen and oxygen atoms in total. The van der Waals surface area contributed by atoms with E-state index in [4.69, 9.17) is 5.73 Å². The zero-order valence-corrected chi connectivity index (χ0v) is 9.97. The molecule has 0 saturated carbocycles. The van der Waals surface area contributed by atoms with Crippen molar-refractivity contribution in [3.63, 3.8) is 0 Å². The predicted octanol–water partition coefficient (Wildman–Crippen LogP) is 2.03. The molecule has 0 aliphatic heterocycles. The van der Waals surface area contributed by atoms with Crippen molar-refractivity contribution < 1.29 is 0 Å². The van der Waals surface area contributed by atoms with E-state index in [1.165, 1.54) is 0 Å². The summed E-state index contributed by atoms with van der Waals surface area (Å²) >= 11 is 1.82. The van der Waals surface area contributed by atoms with Gasteiger partial charge in [-0.1, -0.05) is 13.8 Å². The molecule has 0 unspecified atom stereocenters. The largest absolute Gasteiger partial charge is 0.384 e. The van der Waals surface area contributed by atoms with E-state index >= 15 is 0 Å². The Hall–Kier alpha value is -0.640. The first-order valence-corrected chi connectivity index (χ1v) is 6.33. The van der Waals surface area contributed by atoms with Gasteiger partial charge in [0.15, 0.2) is 0 Å². The van der Waals surface area contributed by atoms with Crippen molar-refractivity contribution in [2.24, 2.45) is 5.92 Å². The van der Waals surface area contributed by atoms with Gasteiger partial charge in [-0.25, -0.2) is 4.98 Å². The summed E-state index contributed by atoms with van der Waals surface area (Å²) < 4.78 is 2.04. The fourth-order valence-electron chi connectivity index (χ4n) is 1.36. The molecule has 1 aromatic rings. The van der Waals surface area contributed by atoms with Crippen LogP contribution in [0.1, 0.15) is 19.5 Å². The monoisotopic (exact) mass is 213 g/mol. The summed E-state index contributed by atoms with van der Waals surface area (Å²) in [6, 6.07) is 0. The minimum absolute atomic E-state index is 0.611. The van der Waals surface area contributed by atoms with E-state index in [0.29, 0.717) is 5.92 Å². The summed E-state index contributed by atoms with van der Waals surface area (Å²) in [6.07, 6.45) is 4.92. The predicted molar refractivity (Wildman–Crippen MR) is 63.6 cm³/mol. The second-order valence-electron chi connectivity index (χ2n) is 3.87. The van der Waals surface area contributed by atoms with E-state index < -0.39 is 0 Å². The van der Waals surface area contributed by atoms with Gasteiger partial charge in [-0.05, 0) is 17.9 Å². The number of imidazole rings is 1. The molecule has 0 aliphatic rings. The molecule has 0 atom stereocenters. The van der Waals surface area contributed by atoms with Crippen LogP contribution in [0.25, 0.3) is 0 Å². The lowest BCUT2D eigenvalue weighted by molar-refractivity contribution is 0.527. The van der Waals surface area contributed by atoms with E-state index in [-0.39, 0.29) is 0 Å². The molecule has 1 aromatic heterocycles. The maximum Gasteiger partial charge on any atom is 0.126 e. The number of nitrogen functional groups attached to an aromatic ring is 1. The van der Waals surface area contributed by atoms with Crippen molar-refractivity contribution in [1.82, 2.24) is 9.55 Å². The molecule has 0 amide bonds. The van der Waals surface area contributed by atoms with Crippen molar-refractivity contribution in [2.75, 3.05) is 17.7 Å². The summed E-state index contributed by atoms with van der Waals surface area (Å²) in [4.78, 5) is 4.33. The molecule has 0 saturated heterocycles. The van der Waals surface area contributed by atoms with Gasteiger partial charge in [0.1, 0.15) is 5.82 Å². The van der Waals surface area contributed by atoms with Crippen LogP contribution in [0.2, 0.25) is 0 Å². The number of hydrogen-bond acceptors (Lipinski definition) is 3. The molecule has 0 fully saturated rings. The number of thioether (sulfide) groups is 1. The lowest BCUT2D eigenvalue weighted by atomic mass is 10.2. The van der Waals surface area contributed by atoms with Crippen LogP contribution in [0, 0.1) is 5.92 Å².